The van der Waals surface area contributed by atoms with Crippen LogP contribution < -0.4 is 5.32 Å². The van der Waals surface area contributed by atoms with E-state index in [2.05, 4.69) is 24.4 Å². The zero-order chi connectivity index (χ0) is 12.8. The van der Waals surface area contributed by atoms with E-state index in [4.69, 9.17) is 0 Å². The summed E-state index contributed by atoms with van der Waals surface area (Å²) in [7, 11) is 0. The number of hydrogen-bond acceptors (Lipinski definition) is 2. The maximum Gasteiger partial charge on any atom is 0.223 e. The molecule has 0 saturated carbocycles. The van der Waals surface area contributed by atoms with Crippen molar-refractivity contribution in [1.29, 1.82) is 0 Å². The Morgan fingerprint density at radius 3 is 2.78 bits per heavy atom. The summed E-state index contributed by atoms with van der Waals surface area (Å²) in [4.78, 5) is 14.3. The molecule has 1 aliphatic rings. The molecule has 1 aliphatic heterocycles. The minimum atomic E-state index is 0.287. The number of rotatable bonds is 5. The lowest BCUT2D eigenvalue weighted by atomic mass is 10.1. The van der Waals surface area contributed by atoms with Crippen LogP contribution in [0.25, 0.3) is 0 Å². The summed E-state index contributed by atoms with van der Waals surface area (Å²) in [5, 5.41) is 3.32. The van der Waals surface area contributed by atoms with E-state index in [-0.39, 0.29) is 5.91 Å². The quantitative estimate of drug-likeness (QED) is 0.859. The first-order valence-corrected chi connectivity index (χ1v) is 6.85. The van der Waals surface area contributed by atoms with Crippen LogP contribution in [0.1, 0.15) is 25.3 Å². The minimum Gasteiger partial charge on any atom is -0.339 e. The third kappa shape index (κ3) is 3.33. The molecule has 2 rings (SSSR count). The fraction of sp³-hybridized carbons (Fsp3) is 0.533. The van der Waals surface area contributed by atoms with E-state index in [1.54, 1.807) is 0 Å². The standard InChI is InChI=1S/C15H22N2O/c1-2-17(14-10-11-16-12-14)15(18)9-8-13-6-4-3-5-7-13/h3-7,14,16H,2,8-12H2,1H3. The highest BCUT2D eigenvalue weighted by Gasteiger charge is 2.24. The van der Waals surface area contributed by atoms with E-state index in [0.717, 1.165) is 32.5 Å². The Labute approximate surface area is 109 Å². The normalized spacial score (nSPS) is 18.8. The number of nitrogens with one attached hydrogen (secondary N) is 1. The van der Waals surface area contributed by atoms with Crippen molar-refractivity contribution in [1.82, 2.24) is 10.2 Å². The molecule has 0 aromatic heterocycles. The minimum absolute atomic E-state index is 0.287. The van der Waals surface area contributed by atoms with Crippen molar-refractivity contribution in [3.63, 3.8) is 0 Å². The molecule has 1 heterocycles. The molecule has 0 spiro atoms. The van der Waals surface area contributed by atoms with Crippen molar-refractivity contribution in [2.45, 2.75) is 32.2 Å². The SMILES string of the molecule is CCN(C(=O)CCc1ccccc1)C1CCNC1. The lowest BCUT2D eigenvalue weighted by Crippen LogP contribution is -2.41. The van der Waals surface area contributed by atoms with E-state index in [1.807, 2.05) is 23.1 Å². The van der Waals surface area contributed by atoms with Gasteiger partial charge in [0.1, 0.15) is 0 Å². The van der Waals surface area contributed by atoms with Crippen molar-refractivity contribution in [3.8, 4) is 0 Å². The predicted molar refractivity (Wildman–Crippen MR) is 73.4 cm³/mol. The Bertz CT molecular complexity index is 371. The van der Waals surface area contributed by atoms with Gasteiger partial charge in [0.25, 0.3) is 0 Å². The molecule has 3 nitrogen and oxygen atoms in total. The Kier molecular flexibility index (Phi) is 4.76. The summed E-state index contributed by atoms with van der Waals surface area (Å²) in [5.41, 5.74) is 1.24. The monoisotopic (exact) mass is 246 g/mol. The molecule has 1 aromatic rings. The van der Waals surface area contributed by atoms with Gasteiger partial charge in [0.2, 0.25) is 5.91 Å². The van der Waals surface area contributed by atoms with Gasteiger partial charge < -0.3 is 10.2 Å². The fourth-order valence-electron chi connectivity index (χ4n) is 2.58. The molecule has 18 heavy (non-hydrogen) atoms. The van der Waals surface area contributed by atoms with Gasteiger partial charge in [0.05, 0.1) is 0 Å². The molecule has 1 amide bonds. The molecule has 1 unspecified atom stereocenters. The molecule has 0 bridgehead atoms. The fourth-order valence-corrected chi connectivity index (χ4v) is 2.58. The van der Waals surface area contributed by atoms with Crippen LogP contribution in [0.3, 0.4) is 0 Å². The molecule has 1 fully saturated rings. The number of likely N-dealkylation sites (N-methyl/N-ethyl adjacent to an activating group) is 1. The third-order valence-corrected chi connectivity index (χ3v) is 3.61. The molecule has 1 aromatic carbocycles. The highest BCUT2D eigenvalue weighted by molar-refractivity contribution is 5.76. The zero-order valence-electron chi connectivity index (χ0n) is 11.1. The summed E-state index contributed by atoms with van der Waals surface area (Å²) < 4.78 is 0. The van der Waals surface area contributed by atoms with Gasteiger partial charge >= 0.3 is 0 Å². The first kappa shape index (κ1) is 13.1. The summed E-state index contributed by atoms with van der Waals surface area (Å²) >= 11 is 0. The van der Waals surface area contributed by atoms with E-state index in [0.29, 0.717) is 12.5 Å². The largest absolute Gasteiger partial charge is 0.339 e. The highest BCUT2D eigenvalue weighted by atomic mass is 16.2. The third-order valence-electron chi connectivity index (χ3n) is 3.61. The van der Waals surface area contributed by atoms with Crippen molar-refractivity contribution >= 4 is 5.91 Å². The van der Waals surface area contributed by atoms with Gasteiger partial charge in [-0.1, -0.05) is 30.3 Å². The van der Waals surface area contributed by atoms with E-state index in [9.17, 15) is 4.79 Å². The molecule has 1 N–H and O–H groups in total. The van der Waals surface area contributed by atoms with Crippen LogP contribution in [0, 0.1) is 0 Å². The summed E-state index contributed by atoms with van der Waals surface area (Å²) in [6.07, 6.45) is 2.55. The van der Waals surface area contributed by atoms with Crippen LogP contribution in [0.4, 0.5) is 0 Å². The van der Waals surface area contributed by atoms with Gasteiger partial charge in [-0.25, -0.2) is 0 Å². The second kappa shape index (κ2) is 6.55. The maximum atomic E-state index is 12.2. The number of amides is 1. The van der Waals surface area contributed by atoms with Gasteiger partial charge in [-0.05, 0) is 31.9 Å². The molecular weight excluding hydrogens is 224 g/mol. The van der Waals surface area contributed by atoms with E-state index in [1.165, 1.54) is 5.56 Å². The molecule has 3 heteroatoms. The van der Waals surface area contributed by atoms with Crippen LogP contribution in [0.5, 0.6) is 0 Å². The zero-order valence-corrected chi connectivity index (χ0v) is 11.1. The van der Waals surface area contributed by atoms with Gasteiger partial charge in [0, 0.05) is 25.6 Å². The molecular formula is C15H22N2O. The van der Waals surface area contributed by atoms with Gasteiger partial charge in [-0.15, -0.1) is 0 Å². The van der Waals surface area contributed by atoms with Crippen molar-refractivity contribution in [2.75, 3.05) is 19.6 Å². The number of nitrogens with zero attached hydrogens (tertiary/aromatic N) is 1. The number of aryl methyl sites for hydroxylation is 1. The van der Waals surface area contributed by atoms with Crippen molar-refractivity contribution in [2.24, 2.45) is 0 Å². The topological polar surface area (TPSA) is 32.3 Å². The van der Waals surface area contributed by atoms with Crippen LogP contribution in [0.15, 0.2) is 30.3 Å². The predicted octanol–water partition coefficient (Wildman–Crippen LogP) is 1.83. The number of benzene rings is 1. The van der Waals surface area contributed by atoms with E-state index < -0.39 is 0 Å². The lowest BCUT2D eigenvalue weighted by molar-refractivity contribution is -0.132. The first-order valence-electron chi connectivity index (χ1n) is 6.85. The second-order valence-corrected chi connectivity index (χ2v) is 4.81. The smallest absolute Gasteiger partial charge is 0.223 e. The molecule has 1 saturated heterocycles. The second-order valence-electron chi connectivity index (χ2n) is 4.81. The maximum absolute atomic E-state index is 12.2. The Balaban J connectivity index is 1.86. The average molecular weight is 246 g/mol. The van der Waals surface area contributed by atoms with Crippen LogP contribution in [-0.2, 0) is 11.2 Å². The summed E-state index contributed by atoms with van der Waals surface area (Å²) in [6, 6.07) is 10.6. The first-order chi connectivity index (χ1) is 8.81. The molecule has 0 radical (unpaired) electrons. The Hall–Kier alpha value is -1.35. The lowest BCUT2D eigenvalue weighted by Gasteiger charge is -2.27. The Morgan fingerprint density at radius 1 is 1.39 bits per heavy atom. The van der Waals surface area contributed by atoms with E-state index >= 15 is 0 Å². The van der Waals surface area contributed by atoms with Crippen LogP contribution >= 0.6 is 0 Å². The van der Waals surface area contributed by atoms with Crippen molar-refractivity contribution < 1.29 is 4.79 Å². The average Bonchev–Trinajstić information content (AvgIpc) is 2.92. The number of carbonyl (C=O) groups excluding carboxylic acids is 1. The summed E-state index contributed by atoms with van der Waals surface area (Å²) in [6.45, 7) is 4.87. The van der Waals surface area contributed by atoms with Crippen LogP contribution in [-0.4, -0.2) is 36.5 Å². The number of hydrogen-bond donors (Lipinski definition) is 1. The molecule has 98 valence electrons. The van der Waals surface area contributed by atoms with Gasteiger partial charge in [0.15, 0.2) is 0 Å². The number of carbonyl (C=O) groups is 1. The molecule has 1 atom stereocenters. The van der Waals surface area contributed by atoms with Gasteiger partial charge in [-0.3, -0.25) is 4.79 Å². The Morgan fingerprint density at radius 2 is 2.17 bits per heavy atom. The van der Waals surface area contributed by atoms with Crippen molar-refractivity contribution in [3.05, 3.63) is 35.9 Å². The van der Waals surface area contributed by atoms with Gasteiger partial charge in [-0.2, -0.15) is 0 Å². The van der Waals surface area contributed by atoms with Crippen LogP contribution in [0.2, 0.25) is 0 Å². The highest BCUT2D eigenvalue weighted by Crippen LogP contribution is 2.11. The molecule has 0 aliphatic carbocycles. The summed E-state index contributed by atoms with van der Waals surface area (Å²) in [5.74, 6) is 0.287.